The molecular formula is C22H22N2O5. The lowest BCUT2D eigenvalue weighted by atomic mass is 10.1. The first-order valence-corrected chi connectivity index (χ1v) is 8.93. The molecule has 150 valence electrons. The second kappa shape index (κ2) is 10.5. The fraction of sp³-hybridized carbons (Fsp3) is 0.227. The Morgan fingerprint density at radius 2 is 1.97 bits per heavy atom. The highest BCUT2D eigenvalue weighted by Crippen LogP contribution is 2.29. The van der Waals surface area contributed by atoms with Crippen LogP contribution in [0.25, 0.3) is 6.08 Å². The third-order valence-corrected chi connectivity index (χ3v) is 3.79. The number of carbonyl (C=O) groups is 2. The van der Waals surface area contributed by atoms with E-state index in [1.807, 2.05) is 31.2 Å². The lowest BCUT2D eigenvalue weighted by molar-refractivity contribution is -0.145. The molecule has 0 aromatic heterocycles. The van der Waals surface area contributed by atoms with Gasteiger partial charge in [0.2, 0.25) is 0 Å². The topological polar surface area (TPSA) is 97.7 Å². The van der Waals surface area contributed by atoms with Crippen LogP contribution in [0.2, 0.25) is 0 Å². The van der Waals surface area contributed by atoms with Crippen molar-refractivity contribution < 1.29 is 23.8 Å². The Hall–Kier alpha value is -3.79. The molecule has 0 unspecified atom stereocenters. The monoisotopic (exact) mass is 394 g/mol. The molecule has 0 bridgehead atoms. The normalized spacial score (nSPS) is 10.6. The van der Waals surface area contributed by atoms with Crippen LogP contribution in [0.3, 0.4) is 0 Å². The van der Waals surface area contributed by atoms with Crippen molar-refractivity contribution in [3.8, 4) is 17.6 Å². The third-order valence-electron chi connectivity index (χ3n) is 3.79. The van der Waals surface area contributed by atoms with Crippen molar-refractivity contribution in [2.24, 2.45) is 0 Å². The average Bonchev–Trinajstić information content (AvgIpc) is 2.70. The molecule has 0 fully saturated rings. The second-order valence-corrected chi connectivity index (χ2v) is 6.00. The lowest BCUT2D eigenvalue weighted by Crippen LogP contribution is -2.15. The van der Waals surface area contributed by atoms with Crippen LogP contribution in [-0.4, -0.2) is 32.2 Å². The molecule has 1 amide bonds. The van der Waals surface area contributed by atoms with Gasteiger partial charge in [0.15, 0.2) is 18.1 Å². The summed E-state index contributed by atoms with van der Waals surface area (Å²) in [6, 6.07) is 14.1. The van der Waals surface area contributed by atoms with Crippen molar-refractivity contribution in [2.45, 2.75) is 13.8 Å². The number of hydrogen-bond acceptors (Lipinski definition) is 6. The quantitative estimate of drug-likeness (QED) is 0.418. The van der Waals surface area contributed by atoms with Crippen molar-refractivity contribution in [3.63, 3.8) is 0 Å². The van der Waals surface area contributed by atoms with Crippen LogP contribution < -0.4 is 14.8 Å². The summed E-state index contributed by atoms with van der Waals surface area (Å²) >= 11 is 0. The SMILES string of the molecule is CCOC(=O)COc1ccc(/C=C(/C#N)C(=O)Nc2cccc(C)c2)cc1OC. The molecule has 2 aromatic carbocycles. The first-order chi connectivity index (χ1) is 14.0. The number of nitrogens with zero attached hydrogens (tertiary/aromatic N) is 1. The van der Waals surface area contributed by atoms with Crippen molar-refractivity contribution in [2.75, 3.05) is 25.6 Å². The van der Waals surface area contributed by atoms with E-state index < -0.39 is 11.9 Å². The molecule has 29 heavy (non-hydrogen) atoms. The summed E-state index contributed by atoms with van der Waals surface area (Å²) in [5.41, 5.74) is 2.11. The van der Waals surface area contributed by atoms with Gasteiger partial charge >= 0.3 is 5.97 Å². The number of hydrogen-bond donors (Lipinski definition) is 1. The molecule has 0 heterocycles. The van der Waals surface area contributed by atoms with E-state index >= 15 is 0 Å². The average molecular weight is 394 g/mol. The molecule has 0 atom stereocenters. The van der Waals surface area contributed by atoms with Gasteiger partial charge in [0.25, 0.3) is 5.91 Å². The van der Waals surface area contributed by atoms with E-state index in [0.29, 0.717) is 22.7 Å². The Labute approximate surface area is 169 Å². The number of amides is 1. The number of benzene rings is 2. The highest BCUT2D eigenvalue weighted by Gasteiger charge is 2.12. The van der Waals surface area contributed by atoms with Crippen molar-refractivity contribution in [3.05, 3.63) is 59.2 Å². The van der Waals surface area contributed by atoms with Gasteiger partial charge in [-0.1, -0.05) is 18.2 Å². The Morgan fingerprint density at radius 1 is 1.17 bits per heavy atom. The third kappa shape index (κ3) is 6.40. The number of ether oxygens (including phenoxy) is 3. The van der Waals surface area contributed by atoms with Gasteiger partial charge in [-0.15, -0.1) is 0 Å². The molecule has 7 heteroatoms. The minimum absolute atomic E-state index is 0.0613. The number of nitrogens with one attached hydrogen (secondary N) is 1. The van der Waals surface area contributed by atoms with Gasteiger partial charge in [0, 0.05) is 5.69 Å². The number of aryl methyl sites for hydroxylation is 1. The van der Waals surface area contributed by atoms with E-state index in [1.165, 1.54) is 13.2 Å². The van der Waals surface area contributed by atoms with Gasteiger partial charge in [-0.25, -0.2) is 4.79 Å². The maximum absolute atomic E-state index is 12.4. The van der Waals surface area contributed by atoms with E-state index in [1.54, 1.807) is 31.2 Å². The highest BCUT2D eigenvalue weighted by atomic mass is 16.6. The van der Waals surface area contributed by atoms with Gasteiger partial charge in [-0.2, -0.15) is 5.26 Å². The van der Waals surface area contributed by atoms with Gasteiger partial charge in [-0.3, -0.25) is 4.79 Å². The molecule has 0 saturated heterocycles. The van der Waals surface area contributed by atoms with Crippen LogP contribution in [-0.2, 0) is 14.3 Å². The van der Waals surface area contributed by atoms with Crippen molar-refractivity contribution in [1.82, 2.24) is 0 Å². The summed E-state index contributed by atoms with van der Waals surface area (Å²) in [4.78, 5) is 23.8. The predicted octanol–water partition coefficient (Wildman–Crippen LogP) is 3.49. The Kier molecular flexibility index (Phi) is 7.80. The van der Waals surface area contributed by atoms with Crippen LogP contribution in [0.5, 0.6) is 11.5 Å². The summed E-state index contributed by atoms with van der Waals surface area (Å²) in [7, 11) is 1.45. The summed E-state index contributed by atoms with van der Waals surface area (Å²) in [5, 5.41) is 12.1. The number of rotatable bonds is 8. The highest BCUT2D eigenvalue weighted by molar-refractivity contribution is 6.09. The standard InChI is InChI=1S/C22H22N2O5/c1-4-28-21(25)14-29-19-9-8-16(12-20(19)27-3)11-17(13-23)22(26)24-18-7-5-6-15(2)10-18/h5-12H,4,14H2,1-3H3,(H,24,26)/b17-11-. The molecule has 0 radical (unpaired) electrons. The second-order valence-electron chi connectivity index (χ2n) is 6.00. The fourth-order valence-electron chi connectivity index (χ4n) is 2.47. The smallest absolute Gasteiger partial charge is 0.344 e. The van der Waals surface area contributed by atoms with Crippen LogP contribution in [0.15, 0.2) is 48.0 Å². The van der Waals surface area contributed by atoms with Gasteiger partial charge in [0.05, 0.1) is 13.7 Å². The van der Waals surface area contributed by atoms with E-state index in [2.05, 4.69) is 5.32 Å². The maximum atomic E-state index is 12.4. The Balaban J connectivity index is 2.16. The molecule has 0 saturated carbocycles. The van der Waals surface area contributed by atoms with Crippen LogP contribution in [0.1, 0.15) is 18.1 Å². The summed E-state index contributed by atoms with van der Waals surface area (Å²) in [5.74, 6) is -0.294. The molecule has 1 N–H and O–H groups in total. The number of methoxy groups -OCH3 is 1. The summed E-state index contributed by atoms with van der Waals surface area (Å²) < 4.78 is 15.5. The van der Waals surface area contributed by atoms with Gasteiger partial charge < -0.3 is 19.5 Å². The Bertz CT molecular complexity index is 960. The number of carbonyl (C=O) groups excluding carboxylic acids is 2. The molecular weight excluding hydrogens is 372 g/mol. The molecule has 7 nitrogen and oxygen atoms in total. The van der Waals surface area contributed by atoms with Gasteiger partial charge in [-0.05, 0) is 55.3 Å². The van der Waals surface area contributed by atoms with Crippen LogP contribution >= 0.6 is 0 Å². The zero-order chi connectivity index (χ0) is 21.2. The molecule has 2 aromatic rings. The molecule has 0 spiro atoms. The molecule has 0 aliphatic heterocycles. The minimum atomic E-state index is -0.514. The first-order valence-electron chi connectivity index (χ1n) is 8.93. The van der Waals surface area contributed by atoms with E-state index in [9.17, 15) is 14.9 Å². The lowest BCUT2D eigenvalue weighted by Gasteiger charge is -2.11. The van der Waals surface area contributed by atoms with Crippen LogP contribution in [0, 0.1) is 18.3 Å². The Morgan fingerprint density at radius 3 is 2.62 bits per heavy atom. The number of anilines is 1. The van der Waals surface area contributed by atoms with Crippen LogP contribution in [0.4, 0.5) is 5.69 Å². The summed E-state index contributed by atoms with van der Waals surface area (Å²) in [6.07, 6.45) is 1.45. The largest absolute Gasteiger partial charge is 0.493 e. The molecule has 2 rings (SSSR count). The van der Waals surface area contributed by atoms with E-state index in [4.69, 9.17) is 14.2 Å². The minimum Gasteiger partial charge on any atom is -0.493 e. The van der Waals surface area contributed by atoms with Crippen molar-refractivity contribution in [1.29, 1.82) is 5.26 Å². The first kappa shape index (κ1) is 21.5. The zero-order valence-electron chi connectivity index (χ0n) is 16.5. The fourth-order valence-corrected chi connectivity index (χ4v) is 2.47. The molecule has 0 aliphatic rings. The number of nitriles is 1. The maximum Gasteiger partial charge on any atom is 0.344 e. The molecule has 0 aliphatic carbocycles. The van der Waals surface area contributed by atoms with Gasteiger partial charge in [0.1, 0.15) is 11.6 Å². The van der Waals surface area contributed by atoms with Crippen molar-refractivity contribution >= 4 is 23.6 Å². The van der Waals surface area contributed by atoms with E-state index in [-0.39, 0.29) is 18.8 Å². The van der Waals surface area contributed by atoms with E-state index in [0.717, 1.165) is 5.56 Å². The summed E-state index contributed by atoms with van der Waals surface area (Å²) in [6.45, 7) is 3.64. The predicted molar refractivity (Wildman–Crippen MR) is 109 cm³/mol. The number of esters is 1. The zero-order valence-corrected chi connectivity index (χ0v) is 16.5.